The first-order valence-corrected chi connectivity index (χ1v) is 7.64. The monoisotopic (exact) mass is 375 g/mol. The highest BCUT2D eigenvalue weighted by molar-refractivity contribution is 5.78. The Morgan fingerprint density at radius 1 is 0.808 bits per heavy atom. The number of amides is 1. The second-order valence-corrected chi connectivity index (χ2v) is 5.68. The lowest BCUT2D eigenvalue weighted by Crippen LogP contribution is -2.27. The fourth-order valence-corrected chi connectivity index (χ4v) is 2.35. The van der Waals surface area contributed by atoms with Gasteiger partial charge >= 0.3 is 12.4 Å². The van der Waals surface area contributed by atoms with Gasteiger partial charge < -0.3 is 5.32 Å². The Labute approximate surface area is 145 Å². The molecule has 0 aromatic heterocycles. The Morgan fingerprint density at radius 3 is 1.85 bits per heavy atom. The molecule has 0 fully saturated rings. The van der Waals surface area contributed by atoms with Crippen LogP contribution in [0.25, 0.3) is 0 Å². The summed E-state index contributed by atoms with van der Waals surface area (Å²) in [5.74, 6) is -0.362. The molecular weight excluding hydrogens is 360 g/mol. The van der Waals surface area contributed by atoms with Crippen molar-refractivity contribution in [2.75, 3.05) is 6.54 Å². The highest BCUT2D eigenvalue weighted by Crippen LogP contribution is 2.36. The van der Waals surface area contributed by atoms with Crippen LogP contribution in [0.1, 0.15) is 22.3 Å². The van der Waals surface area contributed by atoms with E-state index in [1.54, 1.807) is 30.3 Å². The first-order valence-electron chi connectivity index (χ1n) is 7.64. The van der Waals surface area contributed by atoms with Crippen LogP contribution in [0.4, 0.5) is 26.3 Å². The Bertz CT molecular complexity index is 720. The van der Waals surface area contributed by atoms with Crippen molar-refractivity contribution in [2.24, 2.45) is 0 Å². The molecule has 2 aromatic carbocycles. The number of alkyl halides is 6. The van der Waals surface area contributed by atoms with E-state index < -0.39 is 23.5 Å². The van der Waals surface area contributed by atoms with E-state index in [9.17, 15) is 31.1 Å². The number of hydrogen-bond donors (Lipinski definition) is 1. The number of benzene rings is 2. The lowest BCUT2D eigenvalue weighted by Gasteiger charge is -2.14. The zero-order chi connectivity index (χ0) is 19.4. The quantitative estimate of drug-likeness (QED) is 0.759. The molecule has 2 aromatic rings. The van der Waals surface area contributed by atoms with Gasteiger partial charge in [-0.05, 0) is 35.7 Å². The molecule has 0 radical (unpaired) electrons. The fourth-order valence-electron chi connectivity index (χ4n) is 2.35. The topological polar surface area (TPSA) is 29.1 Å². The highest BCUT2D eigenvalue weighted by Gasteiger charge is 2.36. The SMILES string of the molecule is O=C(Cc1ccccc1)NCCc1cc(C(F)(F)F)cc(C(F)(F)F)c1. The van der Waals surface area contributed by atoms with Crippen molar-refractivity contribution in [3.05, 3.63) is 70.8 Å². The number of carbonyl (C=O) groups is 1. The van der Waals surface area contributed by atoms with Crippen LogP contribution < -0.4 is 5.32 Å². The average Bonchev–Trinajstić information content (AvgIpc) is 2.54. The maximum absolute atomic E-state index is 12.8. The molecule has 0 atom stereocenters. The summed E-state index contributed by atoms with van der Waals surface area (Å²) in [5, 5.41) is 2.49. The largest absolute Gasteiger partial charge is 0.416 e. The minimum Gasteiger partial charge on any atom is -0.355 e. The van der Waals surface area contributed by atoms with E-state index in [0.717, 1.165) is 5.56 Å². The van der Waals surface area contributed by atoms with Gasteiger partial charge in [-0.1, -0.05) is 30.3 Å². The van der Waals surface area contributed by atoms with Gasteiger partial charge in [0, 0.05) is 6.54 Å². The molecule has 0 spiro atoms. The molecule has 0 aliphatic carbocycles. The van der Waals surface area contributed by atoms with E-state index in [0.29, 0.717) is 12.1 Å². The molecule has 26 heavy (non-hydrogen) atoms. The van der Waals surface area contributed by atoms with E-state index in [-0.39, 0.29) is 36.9 Å². The smallest absolute Gasteiger partial charge is 0.355 e. The van der Waals surface area contributed by atoms with Crippen LogP contribution in [-0.2, 0) is 30.0 Å². The van der Waals surface area contributed by atoms with Crippen LogP contribution in [0.15, 0.2) is 48.5 Å². The fraction of sp³-hybridized carbons (Fsp3) is 0.278. The first kappa shape index (κ1) is 19.8. The van der Waals surface area contributed by atoms with Crippen LogP contribution >= 0.6 is 0 Å². The third-order valence-corrected chi connectivity index (χ3v) is 3.59. The van der Waals surface area contributed by atoms with Gasteiger partial charge in [-0.2, -0.15) is 26.3 Å². The van der Waals surface area contributed by atoms with E-state index in [4.69, 9.17) is 0 Å². The van der Waals surface area contributed by atoms with Crippen molar-refractivity contribution in [3.63, 3.8) is 0 Å². The summed E-state index contributed by atoms with van der Waals surface area (Å²) in [4.78, 5) is 11.8. The van der Waals surface area contributed by atoms with Gasteiger partial charge in [0.15, 0.2) is 0 Å². The Balaban J connectivity index is 2.03. The maximum Gasteiger partial charge on any atom is 0.416 e. The Morgan fingerprint density at radius 2 is 1.35 bits per heavy atom. The zero-order valence-corrected chi connectivity index (χ0v) is 13.4. The van der Waals surface area contributed by atoms with Crippen molar-refractivity contribution >= 4 is 5.91 Å². The third kappa shape index (κ3) is 5.79. The molecule has 0 aliphatic rings. The summed E-state index contributed by atoms with van der Waals surface area (Å²) < 4.78 is 76.7. The van der Waals surface area contributed by atoms with E-state index in [1.165, 1.54) is 0 Å². The number of nitrogens with one attached hydrogen (secondary N) is 1. The molecule has 8 heteroatoms. The first-order chi connectivity index (χ1) is 12.1. The Hall–Kier alpha value is -2.51. The molecule has 1 amide bonds. The normalized spacial score (nSPS) is 12.1. The molecule has 0 heterocycles. The molecule has 140 valence electrons. The summed E-state index contributed by atoms with van der Waals surface area (Å²) >= 11 is 0. The summed E-state index contributed by atoms with van der Waals surface area (Å²) in [6, 6.07) is 10.2. The van der Waals surface area contributed by atoms with Gasteiger partial charge in [0.1, 0.15) is 0 Å². The van der Waals surface area contributed by atoms with Crippen LogP contribution in [-0.4, -0.2) is 12.5 Å². The maximum atomic E-state index is 12.8. The second kappa shape index (κ2) is 7.80. The number of halogens is 6. The average molecular weight is 375 g/mol. The summed E-state index contributed by atoms with van der Waals surface area (Å²) in [7, 11) is 0. The van der Waals surface area contributed by atoms with Gasteiger partial charge in [0.25, 0.3) is 0 Å². The molecule has 0 saturated carbocycles. The minimum atomic E-state index is -4.88. The van der Waals surface area contributed by atoms with Crippen molar-refractivity contribution in [3.8, 4) is 0 Å². The lowest BCUT2D eigenvalue weighted by molar-refractivity contribution is -0.143. The van der Waals surface area contributed by atoms with Gasteiger partial charge in [-0.25, -0.2) is 0 Å². The number of rotatable bonds is 5. The van der Waals surface area contributed by atoms with Crippen LogP contribution in [0.3, 0.4) is 0 Å². The zero-order valence-electron chi connectivity index (χ0n) is 13.4. The molecule has 0 unspecified atom stereocenters. The second-order valence-electron chi connectivity index (χ2n) is 5.68. The predicted molar refractivity (Wildman–Crippen MR) is 83.3 cm³/mol. The Kier molecular flexibility index (Phi) is 5.94. The molecule has 2 rings (SSSR count). The highest BCUT2D eigenvalue weighted by atomic mass is 19.4. The predicted octanol–water partition coefficient (Wildman–Crippen LogP) is 4.63. The molecule has 0 saturated heterocycles. The minimum absolute atomic E-state index is 0.0652. The summed E-state index contributed by atoms with van der Waals surface area (Å²) in [6.45, 7) is -0.0652. The van der Waals surface area contributed by atoms with Crippen LogP contribution in [0.5, 0.6) is 0 Å². The van der Waals surface area contributed by atoms with Crippen molar-refractivity contribution in [1.29, 1.82) is 0 Å². The van der Waals surface area contributed by atoms with Crippen molar-refractivity contribution in [2.45, 2.75) is 25.2 Å². The number of carbonyl (C=O) groups excluding carboxylic acids is 1. The van der Waals surface area contributed by atoms with E-state index in [2.05, 4.69) is 5.32 Å². The van der Waals surface area contributed by atoms with Gasteiger partial charge in [0.05, 0.1) is 17.5 Å². The summed E-state index contributed by atoms with van der Waals surface area (Å²) in [6.07, 6.45) is -9.83. The van der Waals surface area contributed by atoms with E-state index >= 15 is 0 Å². The molecule has 1 N–H and O–H groups in total. The molecule has 2 nitrogen and oxygen atoms in total. The van der Waals surface area contributed by atoms with E-state index in [1.807, 2.05) is 0 Å². The van der Waals surface area contributed by atoms with Crippen molar-refractivity contribution < 1.29 is 31.1 Å². The van der Waals surface area contributed by atoms with Crippen LogP contribution in [0.2, 0.25) is 0 Å². The van der Waals surface area contributed by atoms with Crippen molar-refractivity contribution in [1.82, 2.24) is 5.32 Å². The van der Waals surface area contributed by atoms with Gasteiger partial charge in [-0.15, -0.1) is 0 Å². The molecule has 0 aliphatic heterocycles. The summed E-state index contributed by atoms with van der Waals surface area (Å²) in [5.41, 5.74) is -2.12. The van der Waals surface area contributed by atoms with Gasteiger partial charge in [-0.3, -0.25) is 4.79 Å². The lowest BCUT2D eigenvalue weighted by atomic mass is 10.0. The number of hydrogen-bond acceptors (Lipinski definition) is 1. The third-order valence-electron chi connectivity index (χ3n) is 3.59. The van der Waals surface area contributed by atoms with Gasteiger partial charge in [0.2, 0.25) is 5.91 Å². The molecular formula is C18H15F6NO. The van der Waals surface area contributed by atoms with Crippen LogP contribution in [0, 0.1) is 0 Å². The standard InChI is InChI=1S/C18H15F6NO/c19-17(20,21)14-8-13(9-15(11-14)18(22,23)24)6-7-25-16(26)10-12-4-2-1-3-5-12/h1-5,8-9,11H,6-7,10H2,(H,25,26). The molecule has 0 bridgehead atoms.